The molecule has 2 saturated heterocycles. The molecule has 0 bridgehead atoms. The molecule has 0 aromatic heterocycles. The quantitative estimate of drug-likeness (QED) is 0.709. The highest BCUT2D eigenvalue weighted by Gasteiger charge is 2.43. The Kier molecular flexibility index (Phi) is 4.00. The lowest BCUT2D eigenvalue weighted by atomic mass is 9.80. The van der Waals surface area contributed by atoms with E-state index in [-0.39, 0.29) is 11.5 Å². The van der Waals surface area contributed by atoms with Crippen molar-refractivity contribution >= 4 is 5.78 Å². The first-order valence-electron chi connectivity index (χ1n) is 6.62. The zero-order valence-corrected chi connectivity index (χ0v) is 10.8. The summed E-state index contributed by atoms with van der Waals surface area (Å²) in [6, 6.07) is 0. The van der Waals surface area contributed by atoms with Crippen molar-refractivity contribution in [1.82, 2.24) is 0 Å². The van der Waals surface area contributed by atoms with Crippen LogP contribution in [-0.2, 0) is 14.3 Å². The Morgan fingerprint density at radius 2 is 2.29 bits per heavy atom. The maximum Gasteiger partial charge on any atom is 0.161 e. The van der Waals surface area contributed by atoms with Crippen LogP contribution in [0, 0.1) is 5.92 Å². The summed E-state index contributed by atoms with van der Waals surface area (Å²) in [4.78, 5) is 12.3. The number of Topliss-reactive ketones (excluding diaryl/α,β-unsaturated/α-hetero) is 1. The third kappa shape index (κ3) is 2.61. The van der Waals surface area contributed by atoms with Crippen LogP contribution in [-0.4, -0.2) is 31.2 Å². The Balaban J connectivity index is 2.04. The minimum absolute atomic E-state index is 0.136. The Bertz CT molecular complexity index is 313. The zero-order valence-electron chi connectivity index (χ0n) is 10.8. The summed E-state index contributed by atoms with van der Waals surface area (Å²) in [6.07, 6.45) is 5.42. The summed E-state index contributed by atoms with van der Waals surface area (Å²) in [7, 11) is 0. The van der Waals surface area contributed by atoms with Crippen LogP contribution in [0.4, 0.5) is 0 Å². The van der Waals surface area contributed by atoms with Crippen molar-refractivity contribution in [2.45, 2.75) is 45.1 Å². The molecular weight excluding hydrogens is 216 g/mol. The topological polar surface area (TPSA) is 35.5 Å². The van der Waals surface area contributed by atoms with Crippen molar-refractivity contribution in [2.24, 2.45) is 5.92 Å². The SMILES string of the molecule is CC=C(CC)C(=O)C1CCOC2(CCOC2)C1. The number of rotatable bonds is 3. The van der Waals surface area contributed by atoms with Crippen LogP contribution in [0.1, 0.15) is 39.5 Å². The summed E-state index contributed by atoms with van der Waals surface area (Å²) < 4.78 is 11.3. The molecule has 3 nitrogen and oxygen atoms in total. The molecule has 0 N–H and O–H groups in total. The Morgan fingerprint density at radius 3 is 2.88 bits per heavy atom. The summed E-state index contributed by atoms with van der Waals surface area (Å²) >= 11 is 0. The number of ketones is 1. The van der Waals surface area contributed by atoms with E-state index in [9.17, 15) is 4.79 Å². The van der Waals surface area contributed by atoms with Gasteiger partial charge in [0, 0.05) is 25.6 Å². The molecule has 2 aliphatic heterocycles. The predicted molar refractivity (Wildman–Crippen MR) is 65.9 cm³/mol. The first-order chi connectivity index (χ1) is 8.21. The second kappa shape index (κ2) is 5.32. The van der Waals surface area contributed by atoms with E-state index in [1.54, 1.807) is 0 Å². The Hall–Kier alpha value is -0.670. The molecule has 0 amide bonds. The fourth-order valence-corrected chi connectivity index (χ4v) is 2.90. The number of hydrogen-bond acceptors (Lipinski definition) is 3. The van der Waals surface area contributed by atoms with E-state index >= 15 is 0 Å². The number of hydrogen-bond donors (Lipinski definition) is 0. The summed E-state index contributed by atoms with van der Waals surface area (Å²) in [5, 5.41) is 0. The van der Waals surface area contributed by atoms with Crippen LogP contribution < -0.4 is 0 Å². The molecule has 0 aromatic carbocycles. The lowest BCUT2D eigenvalue weighted by Crippen LogP contribution is -2.42. The van der Waals surface area contributed by atoms with Gasteiger partial charge in [0.1, 0.15) is 0 Å². The second-order valence-corrected chi connectivity index (χ2v) is 5.06. The molecule has 1 spiro atoms. The molecule has 96 valence electrons. The number of ether oxygens (including phenoxy) is 2. The van der Waals surface area contributed by atoms with Gasteiger partial charge >= 0.3 is 0 Å². The van der Waals surface area contributed by atoms with Crippen LogP contribution in [0.3, 0.4) is 0 Å². The highest BCUT2D eigenvalue weighted by atomic mass is 16.6. The number of allylic oxidation sites excluding steroid dienone is 2. The van der Waals surface area contributed by atoms with Crippen LogP contribution in [0.2, 0.25) is 0 Å². The zero-order chi connectivity index (χ0) is 12.3. The van der Waals surface area contributed by atoms with E-state index in [1.165, 1.54) is 0 Å². The van der Waals surface area contributed by atoms with Gasteiger partial charge in [0.2, 0.25) is 0 Å². The van der Waals surface area contributed by atoms with Crippen molar-refractivity contribution in [3.05, 3.63) is 11.6 Å². The van der Waals surface area contributed by atoms with Crippen molar-refractivity contribution in [3.8, 4) is 0 Å². The van der Waals surface area contributed by atoms with E-state index < -0.39 is 0 Å². The van der Waals surface area contributed by atoms with Gasteiger partial charge in [-0.25, -0.2) is 0 Å². The van der Waals surface area contributed by atoms with Gasteiger partial charge in [-0.05, 0) is 31.8 Å². The molecule has 0 aromatic rings. The maximum atomic E-state index is 12.3. The van der Waals surface area contributed by atoms with Crippen molar-refractivity contribution in [1.29, 1.82) is 0 Å². The minimum atomic E-state index is -0.162. The molecule has 3 heteroatoms. The fourth-order valence-electron chi connectivity index (χ4n) is 2.90. The van der Waals surface area contributed by atoms with Gasteiger partial charge in [-0.1, -0.05) is 13.0 Å². The van der Waals surface area contributed by atoms with Gasteiger partial charge in [-0.15, -0.1) is 0 Å². The fraction of sp³-hybridized carbons (Fsp3) is 0.786. The lowest BCUT2D eigenvalue weighted by Gasteiger charge is -2.36. The molecule has 17 heavy (non-hydrogen) atoms. The highest BCUT2D eigenvalue weighted by molar-refractivity contribution is 5.97. The van der Waals surface area contributed by atoms with Gasteiger partial charge in [-0.2, -0.15) is 0 Å². The summed E-state index contributed by atoms with van der Waals surface area (Å²) in [6.45, 7) is 6.12. The largest absolute Gasteiger partial charge is 0.378 e. The lowest BCUT2D eigenvalue weighted by molar-refractivity contribution is -0.133. The van der Waals surface area contributed by atoms with Crippen LogP contribution in [0.25, 0.3) is 0 Å². The summed E-state index contributed by atoms with van der Waals surface area (Å²) in [5.41, 5.74) is 0.802. The molecule has 0 aliphatic carbocycles. The standard InChI is InChI=1S/C14H22O3/c1-3-11(4-2)13(15)12-5-7-17-14(9-12)6-8-16-10-14/h3,12H,4-10H2,1-2H3. The second-order valence-electron chi connectivity index (χ2n) is 5.06. The minimum Gasteiger partial charge on any atom is -0.378 e. The molecule has 0 saturated carbocycles. The summed E-state index contributed by atoms with van der Waals surface area (Å²) in [5.74, 6) is 0.459. The molecule has 2 fully saturated rings. The van der Waals surface area contributed by atoms with Crippen LogP contribution in [0.15, 0.2) is 11.6 Å². The third-order valence-electron chi connectivity index (χ3n) is 3.98. The smallest absolute Gasteiger partial charge is 0.161 e. The molecular formula is C14H22O3. The molecule has 2 aliphatic rings. The van der Waals surface area contributed by atoms with Gasteiger partial charge < -0.3 is 9.47 Å². The van der Waals surface area contributed by atoms with Gasteiger partial charge in [0.15, 0.2) is 5.78 Å². The van der Waals surface area contributed by atoms with Gasteiger partial charge in [0.05, 0.1) is 12.2 Å². The first-order valence-corrected chi connectivity index (χ1v) is 6.62. The molecule has 2 heterocycles. The monoisotopic (exact) mass is 238 g/mol. The van der Waals surface area contributed by atoms with Crippen molar-refractivity contribution in [2.75, 3.05) is 19.8 Å². The average molecular weight is 238 g/mol. The number of carbonyl (C=O) groups excluding carboxylic acids is 1. The predicted octanol–water partition coefficient (Wildman–Crippen LogP) is 2.50. The van der Waals surface area contributed by atoms with Crippen LogP contribution >= 0.6 is 0 Å². The van der Waals surface area contributed by atoms with Crippen molar-refractivity contribution < 1.29 is 14.3 Å². The molecule has 0 radical (unpaired) electrons. The third-order valence-corrected chi connectivity index (χ3v) is 3.98. The molecule has 2 atom stereocenters. The molecule has 2 unspecified atom stereocenters. The van der Waals surface area contributed by atoms with E-state index in [4.69, 9.17) is 9.47 Å². The highest BCUT2D eigenvalue weighted by Crippen LogP contribution is 2.37. The van der Waals surface area contributed by atoms with E-state index in [1.807, 2.05) is 19.9 Å². The first kappa shape index (κ1) is 12.8. The van der Waals surface area contributed by atoms with Gasteiger partial charge in [-0.3, -0.25) is 4.79 Å². The Labute approximate surface area is 103 Å². The van der Waals surface area contributed by atoms with E-state index in [0.717, 1.165) is 37.9 Å². The molecule has 2 rings (SSSR count). The van der Waals surface area contributed by atoms with E-state index in [2.05, 4.69) is 0 Å². The number of carbonyl (C=O) groups is 1. The Morgan fingerprint density at radius 1 is 1.47 bits per heavy atom. The van der Waals surface area contributed by atoms with E-state index in [0.29, 0.717) is 19.0 Å². The average Bonchev–Trinajstić information content (AvgIpc) is 2.78. The maximum absolute atomic E-state index is 12.3. The van der Waals surface area contributed by atoms with Crippen molar-refractivity contribution in [3.63, 3.8) is 0 Å². The van der Waals surface area contributed by atoms with Crippen LogP contribution in [0.5, 0.6) is 0 Å². The normalized spacial score (nSPS) is 34.2. The van der Waals surface area contributed by atoms with Gasteiger partial charge in [0.25, 0.3) is 0 Å².